The van der Waals surface area contributed by atoms with Gasteiger partial charge < -0.3 is 15.4 Å². The third kappa shape index (κ3) is 2.73. The van der Waals surface area contributed by atoms with Crippen LogP contribution in [0.25, 0.3) is 0 Å². The lowest BCUT2D eigenvalue weighted by atomic mass is 10.1. The molecule has 1 aliphatic heterocycles. The number of carbonyl (C=O) groups excluding carboxylic acids is 2. The van der Waals surface area contributed by atoms with Gasteiger partial charge in [0.1, 0.15) is 5.75 Å². The predicted molar refractivity (Wildman–Crippen MR) is 91.5 cm³/mol. The molecule has 0 unspecified atom stereocenters. The summed E-state index contributed by atoms with van der Waals surface area (Å²) in [5.74, 6) is 0.958. The second-order valence-electron chi connectivity index (χ2n) is 6.23. The highest BCUT2D eigenvalue weighted by molar-refractivity contribution is 6.09. The average molecular weight is 322 g/mol. The number of para-hydroxylation sites is 2. The van der Waals surface area contributed by atoms with Crippen LogP contribution in [0.5, 0.6) is 11.5 Å². The number of anilines is 2. The summed E-state index contributed by atoms with van der Waals surface area (Å²) in [5.41, 5.74) is 1.67. The minimum absolute atomic E-state index is 0.0330. The lowest BCUT2D eigenvalue weighted by molar-refractivity contribution is -0.119. The third-order valence-electron chi connectivity index (χ3n) is 4.57. The van der Waals surface area contributed by atoms with Crippen molar-refractivity contribution in [2.45, 2.75) is 25.7 Å². The van der Waals surface area contributed by atoms with Gasteiger partial charge in [-0.2, -0.15) is 0 Å². The van der Waals surface area contributed by atoms with E-state index in [2.05, 4.69) is 10.6 Å². The van der Waals surface area contributed by atoms with Gasteiger partial charge in [-0.05, 0) is 43.2 Å². The molecule has 2 aromatic rings. The maximum atomic E-state index is 12.5. The minimum atomic E-state index is -0.244. The van der Waals surface area contributed by atoms with Gasteiger partial charge in [-0.3, -0.25) is 9.59 Å². The van der Waals surface area contributed by atoms with Crippen molar-refractivity contribution in [3.05, 3.63) is 48.0 Å². The fraction of sp³-hybridized carbons (Fsp3) is 0.263. The summed E-state index contributed by atoms with van der Waals surface area (Å²) in [7, 11) is 0. The molecule has 0 atom stereocenters. The summed E-state index contributed by atoms with van der Waals surface area (Å²) in [4.78, 5) is 24.7. The molecular formula is C19H18N2O3. The Morgan fingerprint density at radius 1 is 1.08 bits per heavy atom. The van der Waals surface area contributed by atoms with E-state index in [-0.39, 0.29) is 17.7 Å². The first kappa shape index (κ1) is 14.8. The van der Waals surface area contributed by atoms with Crippen LogP contribution in [0.4, 0.5) is 11.4 Å². The van der Waals surface area contributed by atoms with Crippen LogP contribution in [0.2, 0.25) is 0 Å². The number of amides is 2. The monoisotopic (exact) mass is 322 g/mol. The van der Waals surface area contributed by atoms with Crippen molar-refractivity contribution in [3.8, 4) is 11.5 Å². The summed E-state index contributed by atoms with van der Waals surface area (Å²) < 4.78 is 5.84. The Hall–Kier alpha value is -2.82. The number of hydrogen-bond donors (Lipinski definition) is 2. The molecule has 0 saturated heterocycles. The van der Waals surface area contributed by atoms with E-state index in [1.807, 2.05) is 12.1 Å². The lowest BCUT2D eigenvalue weighted by Gasteiger charge is -2.12. The first-order valence-electron chi connectivity index (χ1n) is 8.24. The Labute approximate surface area is 140 Å². The van der Waals surface area contributed by atoms with Crippen molar-refractivity contribution in [2.24, 2.45) is 5.92 Å². The number of rotatable bonds is 2. The van der Waals surface area contributed by atoms with E-state index < -0.39 is 0 Å². The van der Waals surface area contributed by atoms with Crippen LogP contribution in [0, 0.1) is 5.92 Å². The second-order valence-corrected chi connectivity index (χ2v) is 6.23. The maximum Gasteiger partial charge on any atom is 0.259 e. The molecule has 1 saturated carbocycles. The van der Waals surface area contributed by atoms with Gasteiger partial charge in [-0.1, -0.05) is 25.0 Å². The molecule has 1 heterocycles. The predicted octanol–water partition coefficient (Wildman–Crippen LogP) is 4.17. The normalized spacial score (nSPS) is 16.4. The van der Waals surface area contributed by atoms with Crippen LogP contribution in [-0.2, 0) is 4.79 Å². The van der Waals surface area contributed by atoms with Crippen LogP contribution in [0.15, 0.2) is 42.5 Å². The van der Waals surface area contributed by atoms with Crippen molar-refractivity contribution in [2.75, 3.05) is 10.6 Å². The summed E-state index contributed by atoms with van der Waals surface area (Å²) in [6.45, 7) is 0. The van der Waals surface area contributed by atoms with Crippen molar-refractivity contribution in [3.63, 3.8) is 0 Å². The summed E-state index contributed by atoms with van der Waals surface area (Å²) in [6.07, 6.45) is 4.10. The number of ether oxygens (including phenoxy) is 1. The van der Waals surface area contributed by atoms with E-state index >= 15 is 0 Å². The average Bonchev–Trinajstić information content (AvgIpc) is 3.08. The Morgan fingerprint density at radius 2 is 1.88 bits per heavy atom. The molecule has 24 heavy (non-hydrogen) atoms. The Balaban J connectivity index is 1.60. The van der Waals surface area contributed by atoms with E-state index in [0.717, 1.165) is 25.7 Å². The van der Waals surface area contributed by atoms with E-state index in [4.69, 9.17) is 4.74 Å². The molecule has 2 aliphatic rings. The molecule has 1 aliphatic carbocycles. The van der Waals surface area contributed by atoms with Gasteiger partial charge in [0.25, 0.3) is 5.91 Å². The third-order valence-corrected chi connectivity index (χ3v) is 4.57. The highest BCUT2D eigenvalue weighted by atomic mass is 16.5. The van der Waals surface area contributed by atoms with Crippen LogP contribution in [0.3, 0.4) is 0 Å². The molecule has 0 radical (unpaired) electrons. The first-order chi connectivity index (χ1) is 11.7. The molecule has 122 valence electrons. The smallest absolute Gasteiger partial charge is 0.259 e. The maximum absolute atomic E-state index is 12.5. The fourth-order valence-electron chi connectivity index (χ4n) is 3.27. The van der Waals surface area contributed by atoms with E-state index in [1.54, 1.807) is 30.3 Å². The van der Waals surface area contributed by atoms with E-state index in [0.29, 0.717) is 28.4 Å². The van der Waals surface area contributed by atoms with Crippen LogP contribution in [-0.4, -0.2) is 11.8 Å². The van der Waals surface area contributed by atoms with Crippen LogP contribution in [0.1, 0.15) is 36.0 Å². The SMILES string of the molecule is O=C1Nc2ccccc2Oc2ccc(NC(=O)C3CCCC3)cc21. The number of hydrogen-bond acceptors (Lipinski definition) is 3. The summed E-state index contributed by atoms with van der Waals surface area (Å²) in [6, 6.07) is 12.5. The van der Waals surface area contributed by atoms with Gasteiger partial charge in [0.05, 0.1) is 11.3 Å². The number of nitrogens with one attached hydrogen (secondary N) is 2. The standard InChI is InChI=1S/C19H18N2O3/c22-18(12-5-1-2-6-12)20-13-9-10-16-14(11-13)19(23)21-15-7-3-4-8-17(15)24-16/h3-4,7-12H,1-2,5-6H2,(H,20,22)(H,21,23). The van der Waals surface area contributed by atoms with Crippen LogP contribution >= 0.6 is 0 Å². The van der Waals surface area contributed by atoms with Gasteiger partial charge in [0, 0.05) is 11.6 Å². The topological polar surface area (TPSA) is 67.4 Å². The molecular weight excluding hydrogens is 304 g/mol. The van der Waals surface area contributed by atoms with Gasteiger partial charge in [-0.25, -0.2) is 0 Å². The first-order valence-corrected chi connectivity index (χ1v) is 8.24. The number of carbonyl (C=O) groups is 2. The van der Waals surface area contributed by atoms with E-state index in [9.17, 15) is 9.59 Å². The molecule has 1 fully saturated rings. The molecule has 0 aromatic heterocycles. The molecule has 2 N–H and O–H groups in total. The number of fused-ring (bicyclic) bond motifs is 2. The molecule has 2 amide bonds. The zero-order chi connectivity index (χ0) is 16.5. The quantitative estimate of drug-likeness (QED) is 0.872. The van der Waals surface area contributed by atoms with Gasteiger partial charge in [-0.15, -0.1) is 0 Å². The molecule has 4 rings (SSSR count). The van der Waals surface area contributed by atoms with Gasteiger partial charge >= 0.3 is 0 Å². The fourth-order valence-corrected chi connectivity index (χ4v) is 3.27. The van der Waals surface area contributed by atoms with Crippen LogP contribution < -0.4 is 15.4 Å². The highest BCUT2D eigenvalue weighted by Crippen LogP contribution is 2.36. The Kier molecular flexibility index (Phi) is 3.69. The van der Waals surface area contributed by atoms with Crippen molar-refractivity contribution in [1.82, 2.24) is 0 Å². The van der Waals surface area contributed by atoms with Gasteiger partial charge in [0.2, 0.25) is 5.91 Å². The van der Waals surface area contributed by atoms with Gasteiger partial charge in [0.15, 0.2) is 5.75 Å². The zero-order valence-corrected chi connectivity index (χ0v) is 13.2. The second kappa shape index (κ2) is 6.00. The van der Waals surface area contributed by atoms with Crippen molar-refractivity contribution < 1.29 is 14.3 Å². The Morgan fingerprint density at radius 3 is 2.71 bits per heavy atom. The van der Waals surface area contributed by atoms with E-state index in [1.165, 1.54) is 0 Å². The number of benzene rings is 2. The van der Waals surface area contributed by atoms with Crippen molar-refractivity contribution >= 4 is 23.2 Å². The Bertz CT molecular complexity index is 810. The highest BCUT2D eigenvalue weighted by Gasteiger charge is 2.24. The zero-order valence-electron chi connectivity index (χ0n) is 13.2. The minimum Gasteiger partial charge on any atom is -0.454 e. The largest absolute Gasteiger partial charge is 0.454 e. The summed E-state index contributed by atoms with van der Waals surface area (Å²) in [5, 5.41) is 5.76. The molecule has 5 nitrogen and oxygen atoms in total. The lowest BCUT2D eigenvalue weighted by Crippen LogP contribution is -2.20. The molecule has 2 aromatic carbocycles. The molecule has 5 heteroatoms. The van der Waals surface area contributed by atoms with Crippen molar-refractivity contribution in [1.29, 1.82) is 0 Å². The molecule has 0 spiro atoms. The summed E-state index contributed by atoms with van der Waals surface area (Å²) >= 11 is 0. The molecule has 0 bridgehead atoms.